The SMILES string of the molecule is CCP(=O)(CC)c1ccc(Nc2nc(CP(C)(=O)c3ccc(Nc4ncc(Cl)c(Nc5ccccc5S(=O)(=O)C(C)C)n4)c(OC)c3)c(C(F)(F)F)c(NC3CCC(C(=O)NC4CCNCC4)C3)n2)cc1. The van der Waals surface area contributed by atoms with Crippen molar-refractivity contribution < 1.29 is 40.3 Å². The molecule has 2 aromatic heterocycles. The van der Waals surface area contributed by atoms with Crippen molar-refractivity contribution in [2.45, 2.75) is 94.4 Å². The van der Waals surface area contributed by atoms with Crippen molar-refractivity contribution in [3.63, 3.8) is 0 Å². The van der Waals surface area contributed by atoms with Gasteiger partial charge in [0.25, 0.3) is 0 Å². The third-order valence-corrected chi connectivity index (χ3v) is 21.0. The molecule has 1 aliphatic heterocycles. The predicted octanol–water partition coefficient (Wildman–Crippen LogP) is 9.66. The second-order valence-electron chi connectivity index (χ2n) is 18.2. The summed E-state index contributed by atoms with van der Waals surface area (Å²) in [4.78, 5) is 30.9. The quantitative estimate of drug-likeness (QED) is 0.0424. The molecule has 3 heterocycles. The summed E-state index contributed by atoms with van der Waals surface area (Å²) >= 11 is 6.46. The van der Waals surface area contributed by atoms with Crippen LogP contribution in [0.1, 0.15) is 71.1 Å². The van der Waals surface area contributed by atoms with Crippen LogP contribution in [0.2, 0.25) is 5.02 Å². The van der Waals surface area contributed by atoms with Gasteiger partial charge in [-0.05, 0) is 120 Å². The maximum atomic E-state index is 15.5. The van der Waals surface area contributed by atoms with E-state index in [-0.39, 0.29) is 62.7 Å². The molecular weight excluding hydrogens is 999 g/mol. The molecule has 5 aromatic rings. The van der Waals surface area contributed by atoms with Crippen molar-refractivity contribution >= 4 is 92.8 Å². The number of para-hydroxylation sites is 1. The van der Waals surface area contributed by atoms with Gasteiger partial charge >= 0.3 is 6.18 Å². The van der Waals surface area contributed by atoms with Crippen molar-refractivity contribution in [3.8, 4) is 5.75 Å². The average molecular weight is 1060 g/mol. The summed E-state index contributed by atoms with van der Waals surface area (Å²) in [5, 5.41) is 18.7. The molecule has 23 heteroatoms. The number of ether oxygens (including phenoxy) is 1. The first-order chi connectivity index (χ1) is 33.6. The number of sulfone groups is 1. The van der Waals surface area contributed by atoms with E-state index in [1.807, 2.05) is 13.8 Å². The lowest BCUT2D eigenvalue weighted by atomic mass is 10.0. The van der Waals surface area contributed by atoms with Crippen molar-refractivity contribution in [2.75, 3.05) is 60.5 Å². The fraction of sp³-hybridized carbons (Fsp3) is 0.438. The number of carbonyl (C=O) groups is 1. The summed E-state index contributed by atoms with van der Waals surface area (Å²) in [6.07, 6.45) is -0.583. The Kier molecular flexibility index (Phi) is 16.8. The Hall–Kier alpha value is -5.26. The molecule has 1 amide bonds. The number of methoxy groups -OCH3 is 1. The van der Waals surface area contributed by atoms with Gasteiger partial charge in [-0.2, -0.15) is 23.1 Å². The Balaban J connectivity index is 1.18. The average Bonchev–Trinajstić information content (AvgIpc) is 3.81. The third kappa shape index (κ3) is 12.7. The lowest BCUT2D eigenvalue weighted by molar-refractivity contribution is -0.138. The molecule has 1 saturated heterocycles. The lowest BCUT2D eigenvalue weighted by Gasteiger charge is -2.25. The highest BCUT2D eigenvalue weighted by molar-refractivity contribution is 7.92. The van der Waals surface area contributed by atoms with Gasteiger partial charge in [0, 0.05) is 52.8 Å². The van der Waals surface area contributed by atoms with E-state index in [2.05, 4.69) is 51.8 Å². The zero-order valence-electron chi connectivity index (χ0n) is 40.4. The molecule has 3 aromatic carbocycles. The molecular formula is C48H60ClF3N10O6P2S. The Morgan fingerprint density at radius 1 is 0.859 bits per heavy atom. The zero-order valence-corrected chi connectivity index (χ0v) is 43.7. The molecule has 1 aliphatic carbocycles. The number of anilines is 7. The lowest BCUT2D eigenvalue weighted by Crippen LogP contribution is -2.44. The number of aromatic nitrogens is 4. The predicted molar refractivity (Wildman–Crippen MR) is 276 cm³/mol. The number of nitrogens with zero attached hydrogens (tertiary/aromatic N) is 4. The maximum absolute atomic E-state index is 15.5. The van der Waals surface area contributed by atoms with E-state index in [1.54, 1.807) is 56.3 Å². The third-order valence-electron chi connectivity index (χ3n) is 13.0. The largest absolute Gasteiger partial charge is 0.495 e. The fourth-order valence-corrected chi connectivity index (χ4v) is 13.7. The summed E-state index contributed by atoms with van der Waals surface area (Å²) in [5.74, 6) is -0.930. The first-order valence-electron chi connectivity index (χ1n) is 23.5. The number of piperidine rings is 1. The number of amides is 1. The van der Waals surface area contributed by atoms with Gasteiger partial charge in [0.15, 0.2) is 15.7 Å². The molecule has 0 bridgehead atoms. The van der Waals surface area contributed by atoms with E-state index in [0.29, 0.717) is 41.8 Å². The van der Waals surface area contributed by atoms with Gasteiger partial charge in [0.05, 0.1) is 40.5 Å². The minimum Gasteiger partial charge on any atom is -0.495 e. The van der Waals surface area contributed by atoms with Crippen LogP contribution in [0.3, 0.4) is 0 Å². The van der Waals surface area contributed by atoms with Crippen molar-refractivity contribution in [1.29, 1.82) is 0 Å². The molecule has 382 valence electrons. The van der Waals surface area contributed by atoms with Crippen LogP contribution >= 0.6 is 25.9 Å². The molecule has 1 saturated carbocycles. The van der Waals surface area contributed by atoms with Crippen LogP contribution in [0.5, 0.6) is 5.75 Å². The van der Waals surface area contributed by atoms with E-state index in [4.69, 9.17) is 16.3 Å². The first kappa shape index (κ1) is 53.5. The van der Waals surface area contributed by atoms with Crippen molar-refractivity contribution in [1.82, 2.24) is 30.6 Å². The van der Waals surface area contributed by atoms with Crippen LogP contribution in [-0.2, 0) is 36.1 Å². The number of hydrogen-bond donors (Lipinski definition) is 6. The molecule has 3 atom stereocenters. The second-order valence-corrected chi connectivity index (χ2v) is 27.6. The van der Waals surface area contributed by atoms with Crippen LogP contribution < -0.4 is 47.2 Å². The minimum atomic E-state index is -4.99. The number of alkyl halides is 3. The monoisotopic (exact) mass is 1060 g/mol. The van der Waals surface area contributed by atoms with Crippen LogP contribution in [0, 0.1) is 5.92 Å². The maximum Gasteiger partial charge on any atom is 0.421 e. The molecule has 7 rings (SSSR count). The molecule has 2 aliphatic rings. The van der Waals surface area contributed by atoms with Crippen LogP contribution in [-0.4, -0.2) is 90.8 Å². The summed E-state index contributed by atoms with van der Waals surface area (Å²) in [6, 6.07) is 17.1. The van der Waals surface area contributed by atoms with E-state index < -0.39 is 70.7 Å². The van der Waals surface area contributed by atoms with Gasteiger partial charge < -0.3 is 45.8 Å². The van der Waals surface area contributed by atoms with Crippen LogP contribution in [0.25, 0.3) is 0 Å². The van der Waals surface area contributed by atoms with Crippen molar-refractivity contribution in [3.05, 3.63) is 89.2 Å². The van der Waals surface area contributed by atoms with Gasteiger partial charge in [0.2, 0.25) is 17.8 Å². The van der Waals surface area contributed by atoms with Crippen LogP contribution in [0.15, 0.2) is 77.8 Å². The highest BCUT2D eigenvalue weighted by atomic mass is 35.5. The van der Waals surface area contributed by atoms with E-state index in [1.165, 1.54) is 44.2 Å². The number of rotatable bonds is 19. The molecule has 16 nitrogen and oxygen atoms in total. The van der Waals surface area contributed by atoms with Crippen LogP contribution in [0.4, 0.5) is 53.8 Å². The van der Waals surface area contributed by atoms with Gasteiger partial charge in [-0.3, -0.25) is 4.79 Å². The van der Waals surface area contributed by atoms with Gasteiger partial charge in [0.1, 0.15) is 36.4 Å². The van der Waals surface area contributed by atoms with Gasteiger partial charge in [-0.25, -0.2) is 18.4 Å². The van der Waals surface area contributed by atoms with E-state index in [0.717, 1.165) is 25.9 Å². The summed E-state index contributed by atoms with van der Waals surface area (Å²) in [5.41, 5.74) is -0.694. The molecule has 3 unspecified atom stereocenters. The molecule has 2 fully saturated rings. The van der Waals surface area contributed by atoms with E-state index >= 15 is 13.2 Å². The molecule has 6 N–H and O–H groups in total. The van der Waals surface area contributed by atoms with Crippen molar-refractivity contribution in [2.24, 2.45) is 5.92 Å². The molecule has 0 radical (unpaired) electrons. The van der Waals surface area contributed by atoms with Gasteiger partial charge in [-0.1, -0.05) is 37.6 Å². The summed E-state index contributed by atoms with van der Waals surface area (Å²) in [7, 11) is -8.70. The first-order valence-corrected chi connectivity index (χ1v) is 29.8. The number of benzene rings is 3. The fourth-order valence-electron chi connectivity index (χ4n) is 8.73. The Morgan fingerprint density at radius 2 is 1.54 bits per heavy atom. The second kappa shape index (κ2) is 22.2. The smallest absolute Gasteiger partial charge is 0.421 e. The molecule has 71 heavy (non-hydrogen) atoms. The summed E-state index contributed by atoms with van der Waals surface area (Å²) < 4.78 is 107. The molecule has 0 spiro atoms. The Labute approximate surface area is 417 Å². The highest BCUT2D eigenvalue weighted by Crippen LogP contribution is 2.49. The summed E-state index contributed by atoms with van der Waals surface area (Å²) in [6.45, 7) is 9.85. The van der Waals surface area contributed by atoms with E-state index in [9.17, 15) is 22.3 Å². The normalized spacial score (nSPS) is 17.6. The standard InChI is InChI=1S/C48H60ClF3N10O6P2S/c1-7-70(65,8-2)34-17-15-31(16-18-34)57-47-60-39(42(48(50,51)52)44(62-47)55-33-14-13-30(25-33)45(63)56-32-21-23-53-24-22-32)28-69(6,64)35-19-20-37(40(26-35)68-5)59-46-54-27-36(49)43(61-46)58-38-11-9-10-12-41(38)71(66,67)29(3)4/h9-12,15-20,26-27,29-30,32-33,53H,7-8,13-14,21-25,28H2,1-6H3,(H,56,63)(H2,54,58,59,61)(H2,55,57,60,62). The number of hydrogen-bond acceptors (Lipinski definition) is 15. The minimum absolute atomic E-state index is 0.0260. The zero-order chi connectivity index (χ0) is 51.3. The number of nitrogens with one attached hydrogen (secondary N) is 6. The highest BCUT2D eigenvalue weighted by Gasteiger charge is 2.42. The number of carbonyl (C=O) groups excluding carboxylic acids is 1. The number of halogens is 4. The van der Waals surface area contributed by atoms with Gasteiger partial charge in [-0.15, -0.1) is 0 Å². The Morgan fingerprint density at radius 3 is 2.20 bits per heavy atom. The Bertz CT molecular complexity index is 2940. The topological polar surface area (TPSA) is 218 Å².